The zero-order valence-corrected chi connectivity index (χ0v) is 20.9. The van der Waals surface area contributed by atoms with Gasteiger partial charge in [0.15, 0.2) is 0 Å². The number of hydrogen-bond donors (Lipinski definition) is 1. The number of carbonyl (C=O) groups is 2. The van der Waals surface area contributed by atoms with Crippen LogP contribution in [-0.4, -0.2) is 33.6 Å². The number of nitrogens with two attached hydrogens (primary N) is 1. The van der Waals surface area contributed by atoms with E-state index in [1.54, 1.807) is 19.9 Å². The SMILES string of the molecule is Cc1nc2c(c(C)c1C)C(=O)N1C(N)=C(C#N)C(c3cccc(F)c3)C(C(=O)OC(C)C)=C1CS2. The highest BCUT2D eigenvalue weighted by molar-refractivity contribution is 7.99. The molecule has 2 N–H and O–H groups in total. The molecule has 2 aliphatic rings. The number of nitrogens with zero attached hydrogens (tertiary/aromatic N) is 3. The Balaban J connectivity index is 2.03. The number of rotatable bonds is 3. The Morgan fingerprint density at radius 1 is 1.31 bits per heavy atom. The second-order valence-corrected chi connectivity index (χ2v) is 9.73. The Labute approximate surface area is 207 Å². The van der Waals surface area contributed by atoms with Gasteiger partial charge in [-0.2, -0.15) is 5.26 Å². The molecule has 0 fully saturated rings. The molecule has 35 heavy (non-hydrogen) atoms. The van der Waals surface area contributed by atoms with Crippen molar-refractivity contribution in [3.8, 4) is 6.07 Å². The summed E-state index contributed by atoms with van der Waals surface area (Å²) in [6.07, 6.45) is -0.452. The van der Waals surface area contributed by atoms with E-state index in [4.69, 9.17) is 10.5 Å². The van der Waals surface area contributed by atoms with Gasteiger partial charge in [0.05, 0.1) is 34.8 Å². The summed E-state index contributed by atoms with van der Waals surface area (Å²) in [6.45, 7) is 9.02. The van der Waals surface area contributed by atoms with Crippen molar-refractivity contribution >= 4 is 23.6 Å². The molecule has 1 atom stereocenters. The lowest BCUT2D eigenvalue weighted by molar-refractivity contribution is -0.143. The van der Waals surface area contributed by atoms with E-state index in [2.05, 4.69) is 11.1 Å². The van der Waals surface area contributed by atoms with Crippen LogP contribution in [0.1, 0.15) is 52.5 Å². The number of aromatic nitrogens is 1. The second kappa shape index (κ2) is 9.19. The molecule has 0 saturated carbocycles. The molecule has 7 nitrogen and oxygen atoms in total. The fourth-order valence-electron chi connectivity index (χ4n) is 4.39. The van der Waals surface area contributed by atoms with Gasteiger partial charge in [-0.25, -0.2) is 14.2 Å². The molecular formula is C26H25FN4O3S. The van der Waals surface area contributed by atoms with Crippen LogP contribution in [0.4, 0.5) is 4.39 Å². The number of ether oxygens (including phenoxy) is 1. The van der Waals surface area contributed by atoms with Gasteiger partial charge >= 0.3 is 5.97 Å². The first-order valence-corrected chi connectivity index (χ1v) is 12.1. The number of pyridine rings is 1. The van der Waals surface area contributed by atoms with E-state index < -0.39 is 29.7 Å². The first kappa shape index (κ1) is 24.5. The average molecular weight is 493 g/mol. The lowest BCUT2D eigenvalue weighted by atomic mass is 9.81. The van der Waals surface area contributed by atoms with Gasteiger partial charge in [-0.05, 0) is 63.4 Å². The van der Waals surface area contributed by atoms with Crippen LogP contribution < -0.4 is 5.73 Å². The Kier molecular flexibility index (Phi) is 6.43. The van der Waals surface area contributed by atoms with Gasteiger partial charge < -0.3 is 10.5 Å². The quantitative estimate of drug-likeness (QED) is 0.633. The maximum absolute atomic E-state index is 14.2. The van der Waals surface area contributed by atoms with E-state index in [1.807, 2.05) is 20.8 Å². The van der Waals surface area contributed by atoms with Gasteiger partial charge in [-0.1, -0.05) is 23.9 Å². The topological polar surface area (TPSA) is 109 Å². The van der Waals surface area contributed by atoms with Crippen molar-refractivity contribution < 1.29 is 18.7 Å². The summed E-state index contributed by atoms with van der Waals surface area (Å²) in [5.41, 5.74) is 10.0. The molecule has 2 aromatic rings. The Hall–Kier alpha value is -3.64. The third-order valence-corrected chi connectivity index (χ3v) is 7.25. The summed E-state index contributed by atoms with van der Waals surface area (Å²) in [5.74, 6) is -2.57. The van der Waals surface area contributed by atoms with Gasteiger partial charge in [0.2, 0.25) is 0 Å². The molecule has 1 unspecified atom stereocenters. The number of carbonyl (C=O) groups excluding carboxylic acids is 2. The lowest BCUT2D eigenvalue weighted by Gasteiger charge is -2.35. The van der Waals surface area contributed by atoms with E-state index in [-0.39, 0.29) is 22.7 Å². The third kappa shape index (κ3) is 4.08. The normalized spacial score (nSPS) is 17.7. The van der Waals surface area contributed by atoms with Crippen LogP contribution >= 0.6 is 11.8 Å². The minimum atomic E-state index is -0.986. The molecule has 1 amide bonds. The van der Waals surface area contributed by atoms with Gasteiger partial charge in [-0.3, -0.25) is 9.69 Å². The number of hydrogen-bond acceptors (Lipinski definition) is 7. The van der Waals surface area contributed by atoms with Crippen LogP contribution in [0, 0.1) is 37.9 Å². The number of fused-ring (bicyclic) bond motifs is 2. The van der Waals surface area contributed by atoms with E-state index in [0.717, 1.165) is 16.8 Å². The van der Waals surface area contributed by atoms with Crippen molar-refractivity contribution in [3.63, 3.8) is 0 Å². The monoisotopic (exact) mass is 492 g/mol. The maximum atomic E-state index is 14.2. The number of thioether (sulfide) groups is 1. The van der Waals surface area contributed by atoms with E-state index in [1.165, 1.54) is 34.9 Å². The fraction of sp³-hybridized carbons (Fsp3) is 0.308. The average Bonchev–Trinajstić information content (AvgIpc) is 2.93. The van der Waals surface area contributed by atoms with Crippen LogP contribution in [0.15, 0.2) is 52.0 Å². The minimum absolute atomic E-state index is 0.0219. The van der Waals surface area contributed by atoms with Crippen LogP contribution in [0.5, 0.6) is 0 Å². The van der Waals surface area contributed by atoms with Crippen LogP contribution in [0.2, 0.25) is 0 Å². The van der Waals surface area contributed by atoms with Crippen molar-refractivity contribution in [1.29, 1.82) is 5.26 Å². The summed E-state index contributed by atoms with van der Waals surface area (Å²) in [6, 6.07) is 7.72. The highest BCUT2D eigenvalue weighted by atomic mass is 32.2. The second-order valence-electron chi connectivity index (χ2n) is 8.77. The predicted molar refractivity (Wildman–Crippen MR) is 130 cm³/mol. The summed E-state index contributed by atoms with van der Waals surface area (Å²) in [7, 11) is 0. The first-order valence-electron chi connectivity index (χ1n) is 11.1. The molecule has 0 spiro atoms. The standard InChI is InChI=1S/C26H25FN4O3S/c1-12(2)34-26(33)22-19-11-35-24-20(14(4)13(3)15(5)30-24)25(32)31(19)23(29)18(10-28)21(22)16-7-6-8-17(27)9-16/h6-9,12,21H,11,29H2,1-5H3. The smallest absolute Gasteiger partial charge is 0.337 e. The summed E-state index contributed by atoms with van der Waals surface area (Å²) >= 11 is 1.31. The molecule has 1 aromatic heterocycles. The van der Waals surface area contributed by atoms with E-state index in [0.29, 0.717) is 21.8 Å². The molecule has 0 saturated heterocycles. The number of aryl methyl sites for hydroxylation is 1. The molecule has 9 heteroatoms. The predicted octanol–water partition coefficient (Wildman–Crippen LogP) is 4.39. The zero-order chi connectivity index (χ0) is 25.6. The Bertz CT molecular complexity index is 1370. The van der Waals surface area contributed by atoms with Crippen molar-refractivity contribution in [1.82, 2.24) is 9.88 Å². The molecule has 1 aromatic carbocycles. The molecule has 0 bridgehead atoms. The van der Waals surface area contributed by atoms with Crippen molar-refractivity contribution in [2.24, 2.45) is 5.73 Å². The number of amides is 1. The number of benzene rings is 1. The molecule has 0 radical (unpaired) electrons. The number of esters is 1. The van der Waals surface area contributed by atoms with Crippen LogP contribution in [0.25, 0.3) is 0 Å². The van der Waals surface area contributed by atoms with Gasteiger partial charge in [0.25, 0.3) is 5.91 Å². The fourth-order valence-corrected chi connectivity index (χ4v) is 5.53. The highest BCUT2D eigenvalue weighted by Crippen LogP contribution is 2.45. The Morgan fingerprint density at radius 3 is 2.66 bits per heavy atom. The summed E-state index contributed by atoms with van der Waals surface area (Å²) < 4.78 is 19.7. The number of nitriles is 1. The molecule has 2 aliphatic heterocycles. The molecular weight excluding hydrogens is 467 g/mol. The van der Waals surface area contributed by atoms with E-state index in [9.17, 15) is 19.2 Å². The minimum Gasteiger partial charge on any atom is -0.460 e. The van der Waals surface area contributed by atoms with Crippen molar-refractivity contribution in [2.45, 2.75) is 51.7 Å². The molecule has 0 aliphatic carbocycles. The van der Waals surface area contributed by atoms with Crippen molar-refractivity contribution in [2.75, 3.05) is 5.75 Å². The zero-order valence-electron chi connectivity index (χ0n) is 20.1. The first-order chi connectivity index (χ1) is 16.6. The number of halogens is 1. The van der Waals surface area contributed by atoms with Crippen LogP contribution in [-0.2, 0) is 9.53 Å². The molecule has 4 rings (SSSR count). The van der Waals surface area contributed by atoms with Gasteiger partial charge in [-0.15, -0.1) is 0 Å². The largest absolute Gasteiger partial charge is 0.460 e. The lowest BCUT2D eigenvalue weighted by Crippen LogP contribution is -2.41. The maximum Gasteiger partial charge on any atom is 0.337 e. The van der Waals surface area contributed by atoms with E-state index >= 15 is 0 Å². The highest BCUT2D eigenvalue weighted by Gasteiger charge is 2.44. The summed E-state index contributed by atoms with van der Waals surface area (Å²) in [4.78, 5) is 33.2. The number of allylic oxidation sites excluding steroid dienone is 1. The van der Waals surface area contributed by atoms with Crippen LogP contribution in [0.3, 0.4) is 0 Å². The molecule has 3 heterocycles. The summed E-state index contributed by atoms with van der Waals surface area (Å²) in [5, 5.41) is 10.6. The molecule has 180 valence electrons. The Morgan fingerprint density at radius 2 is 2.03 bits per heavy atom. The van der Waals surface area contributed by atoms with Crippen molar-refractivity contribution in [3.05, 3.63) is 80.7 Å². The van der Waals surface area contributed by atoms with Gasteiger partial charge in [0, 0.05) is 17.1 Å². The van der Waals surface area contributed by atoms with Gasteiger partial charge in [0.1, 0.15) is 16.7 Å². The third-order valence-electron chi connectivity index (χ3n) is 6.27.